The summed E-state index contributed by atoms with van der Waals surface area (Å²) in [4.78, 5) is 21.7. The Balaban J connectivity index is 2.39. The Bertz CT molecular complexity index is 539. The molecule has 0 spiro atoms. The minimum atomic E-state index is -0.978. The van der Waals surface area contributed by atoms with E-state index in [9.17, 15) is 14.7 Å². The predicted molar refractivity (Wildman–Crippen MR) is 69.1 cm³/mol. The van der Waals surface area contributed by atoms with Crippen molar-refractivity contribution in [3.8, 4) is 0 Å². The third-order valence-electron chi connectivity index (χ3n) is 3.25. The largest absolute Gasteiger partial charge is 0.481 e. The van der Waals surface area contributed by atoms with Crippen LogP contribution in [0.25, 0.3) is 0 Å². The van der Waals surface area contributed by atoms with Gasteiger partial charge in [-0.15, -0.1) is 0 Å². The first-order valence-corrected chi connectivity index (χ1v) is 6.09. The summed E-state index contributed by atoms with van der Waals surface area (Å²) in [6.45, 7) is 0. The zero-order valence-electron chi connectivity index (χ0n) is 9.27. The van der Waals surface area contributed by atoms with Crippen molar-refractivity contribution in [2.24, 2.45) is 5.92 Å². The second-order valence-electron chi connectivity index (χ2n) is 4.24. The molecule has 1 aromatic rings. The van der Waals surface area contributed by atoms with Crippen molar-refractivity contribution in [1.29, 1.82) is 0 Å². The number of aliphatic carboxylic acids is 1. The number of carboxylic acids is 1. The molecule has 0 aliphatic heterocycles. The Hall–Kier alpha value is -1.32. The quantitative estimate of drug-likeness (QED) is 0.683. The number of hydrogen-bond acceptors (Lipinski definition) is 2. The Kier molecular flexibility index (Phi) is 3.46. The summed E-state index contributed by atoms with van der Waals surface area (Å²) in [7, 11) is 0. The van der Waals surface area contributed by atoms with Crippen LogP contribution in [0.3, 0.4) is 0 Å². The zero-order valence-corrected chi connectivity index (χ0v) is 10.8. The van der Waals surface area contributed by atoms with Crippen LogP contribution < -0.4 is 0 Å². The molecule has 1 saturated carbocycles. The van der Waals surface area contributed by atoms with E-state index in [4.69, 9.17) is 23.2 Å². The molecule has 5 heteroatoms. The van der Waals surface area contributed by atoms with Crippen molar-refractivity contribution >= 4 is 35.5 Å². The van der Waals surface area contributed by atoms with Crippen molar-refractivity contribution in [1.82, 2.24) is 0 Å². The molecule has 0 bridgehead atoms. The lowest BCUT2D eigenvalue weighted by Crippen LogP contribution is -2.22. The molecule has 1 fully saturated rings. The highest BCUT2D eigenvalue weighted by Crippen LogP contribution is 2.55. The Morgan fingerprint density at radius 2 is 2.11 bits per heavy atom. The Labute approximate surface area is 114 Å². The third kappa shape index (κ3) is 2.04. The van der Waals surface area contributed by atoms with Crippen molar-refractivity contribution in [2.45, 2.75) is 11.8 Å². The van der Waals surface area contributed by atoms with Crippen molar-refractivity contribution in [3.05, 3.63) is 46.0 Å². The normalized spacial score (nSPS) is 26.2. The maximum atomic E-state index is 11.5. The molecular formula is C13H10Cl2O3. The van der Waals surface area contributed by atoms with Gasteiger partial charge in [0.25, 0.3) is 0 Å². The third-order valence-corrected chi connectivity index (χ3v) is 3.99. The number of rotatable bonds is 4. The summed E-state index contributed by atoms with van der Waals surface area (Å²) < 4.78 is 0. The molecule has 2 rings (SSSR count). The average Bonchev–Trinajstić information content (AvgIpc) is 3.06. The fourth-order valence-corrected chi connectivity index (χ4v) is 2.47. The molecule has 94 valence electrons. The van der Waals surface area contributed by atoms with E-state index in [2.05, 4.69) is 0 Å². The lowest BCUT2D eigenvalue weighted by Gasteiger charge is -2.12. The van der Waals surface area contributed by atoms with Crippen LogP contribution >= 0.6 is 23.2 Å². The van der Waals surface area contributed by atoms with Crippen LogP contribution in [-0.2, 0) is 15.0 Å². The second-order valence-corrected chi connectivity index (χ2v) is 5.05. The highest BCUT2D eigenvalue weighted by Gasteiger charge is 2.60. The molecule has 1 aromatic carbocycles. The first-order chi connectivity index (χ1) is 8.52. The lowest BCUT2D eigenvalue weighted by molar-refractivity contribution is -0.140. The molecule has 0 radical (unpaired) electrons. The number of halogens is 2. The summed E-state index contributed by atoms with van der Waals surface area (Å²) >= 11 is 11.7. The van der Waals surface area contributed by atoms with Gasteiger partial charge in [0.2, 0.25) is 0 Å². The van der Waals surface area contributed by atoms with E-state index in [0.29, 0.717) is 28.3 Å². The highest BCUT2D eigenvalue weighted by molar-refractivity contribution is 6.42. The first-order valence-electron chi connectivity index (χ1n) is 5.33. The minimum absolute atomic E-state index is 0.183. The van der Waals surface area contributed by atoms with E-state index < -0.39 is 11.4 Å². The molecule has 1 aliphatic carbocycles. The van der Waals surface area contributed by atoms with Crippen molar-refractivity contribution in [2.75, 3.05) is 0 Å². The maximum absolute atomic E-state index is 11.5. The smallest absolute Gasteiger partial charge is 0.314 e. The van der Waals surface area contributed by atoms with Gasteiger partial charge in [-0.25, -0.2) is 0 Å². The van der Waals surface area contributed by atoms with Crippen molar-refractivity contribution < 1.29 is 14.7 Å². The number of hydrogen-bond donors (Lipinski definition) is 1. The summed E-state index contributed by atoms with van der Waals surface area (Å²) in [6.07, 6.45) is 4.04. The monoisotopic (exact) mass is 284 g/mol. The molecule has 2 atom stereocenters. The average molecular weight is 285 g/mol. The molecule has 0 heterocycles. The summed E-state index contributed by atoms with van der Waals surface area (Å²) in [5, 5.41) is 10.1. The van der Waals surface area contributed by atoms with Crippen LogP contribution in [0, 0.1) is 5.92 Å². The summed E-state index contributed by atoms with van der Waals surface area (Å²) in [5.74, 6) is -1.10. The van der Waals surface area contributed by atoms with Gasteiger partial charge >= 0.3 is 5.97 Å². The highest BCUT2D eigenvalue weighted by atomic mass is 35.5. The van der Waals surface area contributed by atoms with E-state index in [-0.39, 0.29) is 5.92 Å². The van der Waals surface area contributed by atoms with E-state index >= 15 is 0 Å². The van der Waals surface area contributed by atoms with Gasteiger partial charge in [-0.05, 0) is 36.1 Å². The maximum Gasteiger partial charge on any atom is 0.314 e. The van der Waals surface area contributed by atoms with Gasteiger partial charge < -0.3 is 5.11 Å². The van der Waals surface area contributed by atoms with Gasteiger partial charge in [0, 0.05) is 0 Å². The topological polar surface area (TPSA) is 54.4 Å². The molecule has 18 heavy (non-hydrogen) atoms. The fourth-order valence-electron chi connectivity index (χ4n) is 2.17. The standard InChI is InChI=1S/C13H10Cl2O3/c14-10-4-3-8(6-11(10)15)13(12(17)18)7-9(13)2-1-5-16/h1-6,9H,7H2,(H,17,18)/t9-,13-/m1/s1. The minimum Gasteiger partial charge on any atom is -0.481 e. The fraction of sp³-hybridized carbons (Fsp3) is 0.231. The molecule has 1 N–H and O–H groups in total. The Morgan fingerprint density at radius 1 is 1.39 bits per heavy atom. The van der Waals surface area contributed by atoms with Gasteiger partial charge in [0.1, 0.15) is 6.29 Å². The van der Waals surface area contributed by atoms with Crippen LogP contribution in [0.2, 0.25) is 10.0 Å². The number of allylic oxidation sites excluding steroid dienone is 2. The van der Waals surface area contributed by atoms with Gasteiger partial charge in [0.05, 0.1) is 15.5 Å². The van der Waals surface area contributed by atoms with E-state index in [1.165, 1.54) is 6.08 Å². The molecule has 3 nitrogen and oxygen atoms in total. The number of carboxylic acid groups (broad SMARTS) is 1. The van der Waals surface area contributed by atoms with Crippen LogP contribution in [-0.4, -0.2) is 17.4 Å². The Morgan fingerprint density at radius 3 is 2.67 bits per heavy atom. The molecular weight excluding hydrogens is 275 g/mol. The van der Waals surface area contributed by atoms with Gasteiger partial charge in [-0.1, -0.05) is 35.3 Å². The zero-order chi connectivity index (χ0) is 13.3. The SMILES string of the molecule is O=CC=C[C@@H]1C[C@@]1(C(=O)O)c1ccc(Cl)c(Cl)c1. The van der Waals surface area contributed by atoms with Crippen LogP contribution in [0.5, 0.6) is 0 Å². The van der Waals surface area contributed by atoms with Crippen LogP contribution in [0.1, 0.15) is 12.0 Å². The number of carbonyl (C=O) groups excluding carboxylic acids is 1. The predicted octanol–water partition coefficient (Wildman–Crippen LogP) is 3.09. The van der Waals surface area contributed by atoms with Gasteiger partial charge in [-0.2, -0.15) is 0 Å². The molecule has 0 aromatic heterocycles. The number of benzene rings is 1. The van der Waals surface area contributed by atoms with Gasteiger partial charge in [-0.3, -0.25) is 9.59 Å². The van der Waals surface area contributed by atoms with E-state index in [1.54, 1.807) is 24.3 Å². The molecule has 0 unspecified atom stereocenters. The first kappa shape index (κ1) is 13.1. The summed E-state index contributed by atoms with van der Waals surface area (Å²) in [5.41, 5.74) is -0.363. The molecule has 1 aliphatic rings. The van der Waals surface area contributed by atoms with Gasteiger partial charge in [0.15, 0.2) is 0 Å². The number of carbonyl (C=O) groups is 2. The summed E-state index contributed by atoms with van der Waals surface area (Å²) in [6, 6.07) is 4.83. The van der Waals surface area contributed by atoms with Crippen LogP contribution in [0.4, 0.5) is 0 Å². The second kappa shape index (κ2) is 4.75. The number of aldehydes is 1. The molecule has 0 amide bonds. The van der Waals surface area contributed by atoms with E-state index in [0.717, 1.165) is 0 Å². The molecule has 0 saturated heterocycles. The van der Waals surface area contributed by atoms with E-state index in [1.807, 2.05) is 0 Å². The van der Waals surface area contributed by atoms with Crippen molar-refractivity contribution in [3.63, 3.8) is 0 Å². The van der Waals surface area contributed by atoms with Crippen LogP contribution in [0.15, 0.2) is 30.4 Å². The lowest BCUT2D eigenvalue weighted by atomic mass is 9.93.